The molecule has 0 spiro atoms. The standard InChI is InChI=1S/C24H34N4O/c1-6-10-21(17-26-15-9-16-29)14-13-18(3)27-20(5)28-24(7-2)22-11-8-12-23(25)19(22)4/h6-8,10-14,26,29H,1,3,9,15-17,25H2,2,4-5H3,(H,27,28)/b14-13-,21-10+,24-7-. The minimum atomic E-state index is 0.186. The highest BCUT2D eigenvalue weighted by atomic mass is 16.3. The molecule has 0 aliphatic heterocycles. The molecule has 0 bridgehead atoms. The maximum atomic E-state index is 8.85. The van der Waals surface area contributed by atoms with Gasteiger partial charge in [-0.05, 0) is 57.0 Å². The molecule has 1 rings (SSSR count). The number of aliphatic imine (C=N–C) groups is 1. The van der Waals surface area contributed by atoms with E-state index in [1.54, 1.807) is 6.08 Å². The Hall–Kier alpha value is -2.89. The number of nitrogens with zero attached hydrogens (tertiary/aromatic N) is 1. The summed E-state index contributed by atoms with van der Waals surface area (Å²) < 4.78 is 0. The first-order valence-electron chi connectivity index (χ1n) is 9.77. The van der Waals surface area contributed by atoms with Gasteiger partial charge in [-0.3, -0.25) is 0 Å². The van der Waals surface area contributed by atoms with Crippen LogP contribution in [0.15, 0.2) is 78.0 Å². The predicted octanol–water partition coefficient (Wildman–Crippen LogP) is 4.10. The van der Waals surface area contributed by atoms with Gasteiger partial charge in [-0.25, -0.2) is 4.99 Å². The molecule has 0 saturated carbocycles. The monoisotopic (exact) mass is 394 g/mol. The van der Waals surface area contributed by atoms with E-state index in [1.807, 2.05) is 63.3 Å². The van der Waals surface area contributed by atoms with Gasteiger partial charge >= 0.3 is 0 Å². The van der Waals surface area contributed by atoms with Crippen molar-refractivity contribution in [2.24, 2.45) is 4.99 Å². The van der Waals surface area contributed by atoms with Gasteiger partial charge in [-0.1, -0.05) is 49.6 Å². The molecule has 5 N–H and O–H groups in total. The smallest absolute Gasteiger partial charge is 0.103 e. The maximum Gasteiger partial charge on any atom is 0.103 e. The van der Waals surface area contributed by atoms with Gasteiger partial charge in [0.1, 0.15) is 5.84 Å². The van der Waals surface area contributed by atoms with Gasteiger partial charge < -0.3 is 21.5 Å². The molecule has 5 heteroatoms. The predicted molar refractivity (Wildman–Crippen MR) is 127 cm³/mol. The molecule has 0 saturated heterocycles. The van der Waals surface area contributed by atoms with E-state index in [9.17, 15) is 0 Å². The van der Waals surface area contributed by atoms with E-state index in [4.69, 9.17) is 15.8 Å². The quantitative estimate of drug-likeness (QED) is 0.150. The Morgan fingerprint density at radius 3 is 2.72 bits per heavy atom. The second-order valence-electron chi connectivity index (χ2n) is 6.61. The van der Waals surface area contributed by atoms with Crippen molar-refractivity contribution in [1.82, 2.24) is 10.6 Å². The van der Waals surface area contributed by atoms with Crippen LogP contribution < -0.4 is 16.4 Å². The number of aliphatic hydroxyl groups is 1. The van der Waals surface area contributed by atoms with Gasteiger partial charge in [-0.15, -0.1) is 0 Å². The first-order chi connectivity index (χ1) is 13.9. The van der Waals surface area contributed by atoms with Crippen LogP contribution in [-0.4, -0.2) is 30.6 Å². The molecule has 0 radical (unpaired) electrons. The Labute approximate surface area is 175 Å². The topological polar surface area (TPSA) is 82.7 Å². The Bertz CT molecular complexity index is 816. The number of allylic oxidation sites excluding steroid dienone is 4. The average Bonchev–Trinajstić information content (AvgIpc) is 2.69. The van der Waals surface area contributed by atoms with E-state index in [-0.39, 0.29) is 6.61 Å². The number of rotatable bonds is 11. The summed E-state index contributed by atoms with van der Waals surface area (Å²) in [6, 6.07) is 5.84. The lowest BCUT2D eigenvalue weighted by atomic mass is 10.0. The molecule has 0 unspecified atom stereocenters. The molecular weight excluding hydrogens is 360 g/mol. The largest absolute Gasteiger partial charge is 0.398 e. The van der Waals surface area contributed by atoms with E-state index < -0.39 is 0 Å². The Morgan fingerprint density at radius 2 is 2.07 bits per heavy atom. The summed E-state index contributed by atoms with van der Waals surface area (Å²) >= 11 is 0. The van der Waals surface area contributed by atoms with Crippen molar-refractivity contribution in [3.05, 3.63) is 84.1 Å². The summed E-state index contributed by atoms with van der Waals surface area (Å²) in [5.41, 5.74) is 11.5. The zero-order valence-electron chi connectivity index (χ0n) is 17.8. The Morgan fingerprint density at radius 1 is 1.31 bits per heavy atom. The number of hydrogen-bond donors (Lipinski definition) is 4. The summed E-state index contributed by atoms with van der Waals surface area (Å²) in [5.74, 6) is 0.741. The molecule has 5 nitrogen and oxygen atoms in total. The lowest BCUT2D eigenvalue weighted by Crippen LogP contribution is -2.19. The van der Waals surface area contributed by atoms with Gasteiger partial charge in [0.25, 0.3) is 0 Å². The van der Waals surface area contributed by atoms with Crippen molar-refractivity contribution in [1.29, 1.82) is 0 Å². The third-order valence-corrected chi connectivity index (χ3v) is 4.23. The van der Waals surface area contributed by atoms with E-state index in [2.05, 4.69) is 23.8 Å². The molecule has 1 aromatic carbocycles. The van der Waals surface area contributed by atoms with Crippen molar-refractivity contribution in [2.75, 3.05) is 25.4 Å². The van der Waals surface area contributed by atoms with Crippen LogP contribution in [0.4, 0.5) is 5.69 Å². The van der Waals surface area contributed by atoms with Crippen LogP contribution in [0, 0.1) is 6.92 Å². The molecular formula is C24H34N4O. The zero-order chi connectivity index (χ0) is 21.6. The van der Waals surface area contributed by atoms with Crippen LogP contribution in [0.1, 0.15) is 31.4 Å². The third-order valence-electron chi connectivity index (χ3n) is 4.23. The van der Waals surface area contributed by atoms with E-state index in [0.717, 1.165) is 52.6 Å². The summed E-state index contributed by atoms with van der Waals surface area (Å²) in [7, 11) is 0. The highest BCUT2D eigenvalue weighted by molar-refractivity contribution is 5.88. The first kappa shape index (κ1) is 24.1. The Balaban J connectivity index is 2.78. The minimum absolute atomic E-state index is 0.186. The summed E-state index contributed by atoms with van der Waals surface area (Å²) in [5, 5.41) is 15.3. The van der Waals surface area contributed by atoms with Gasteiger partial charge in [-0.2, -0.15) is 0 Å². The van der Waals surface area contributed by atoms with Crippen molar-refractivity contribution in [3.63, 3.8) is 0 Å². The number of benzene rings is 1. The minimum Gasteiger partial charge on any atom is -0.398 e. The molecule has 0 aliphatic carbocycles. The van der Waals surface area contributed by atoms with Gasteiger partial charge in [0.2, 0.25) is 0 Å². The van der Waals surface area contributed by atoms with Crippen LogP contribution in [0.5, 0.6) is 0 Å². The lowest BCUT2D eigenvalue weighted by Gasteiger charge is -2.11. The summed E-state index contributed by atoms with van der Waals surface area (Å²) in [6.07, 6.45) is 10.3. The lowest BCUT2D eigenvalue weighted by molar-refractivity contribution is 0.287. The molecule has 0 atom stereocenters. The van der Waals surface area contributed by atoms with Crippen molar-refractivity contribution < 1.29 is 5.11 Å². The molecule has 0 heterocycles. The summed E-state index contributed by atoms with van der Waals surface area (Å²) in [4.78, 5) is 4.69. The molecule has 0 aliphatic rings. The van der Waals surface area contributed by atoms with Gasteiger partial charge in [0.15, 0.2) is 0 Å². The molecule has 0 aromatic heterocycles. The summed E-state index contributed by atoms with van der Waals surface area (Å²) in [6.45, 7) is 15.3. The van der Waals surface area contributed by atoms with Crippen molar-refractivity contribution in [2.45, 2.75) is 27.2 Å². The van der Waals surface area contributed by atoms with E-state index in [1.165, 1.54) is 0 Å². The average molecular weight is 395 g/mol. The van der Waals surface area contributed by atoms with E-state index >= 15 is 0 Å². The third kappa shape index (κ3) is 8.77. The van der Waals surface area contributed by atoms with Gasteiger partial charge in [0, 0.05) is 30.1 Å². The van der Waals surface area contributed by atoms with Crippen LogP contribution in [-0.2, 0) is 0 Å². The molecule has 0 fully saturated rings. The number of nitrogen functional groups attached to an aromatic ring is 1. The molecule has 0 amide bonds. The van der Waals surface area contributed by atoms with Crippen LogP contribution in [0.25, 0.3) is 5.70 Å². The zero-order valence-corrected chi connectivity index (χ0v) is 17.8. The van der Waals surface area contributed by atoms with Crippen LogP contribution >= 0.6 is 0 Å². The fraction of sp³-hybridized carbons (Fsp3) is 0.292. The second-order valence-corrected chi connectivity index (χ2v) is 6.61. The number of anilines is 1. The number of nitrogens with one attached hydrogen (secondary N) is 2. The molecule has 1 aromatic rings. The second kappa shape index (κ2) is 13.3. The van der Waals surface area contributed by atoms with Crippen molar-refractivity contribution in [3.8, 4) is 0 Å². The first-order valence-corrected chi connectivity index (χ1v) is 9.77. The number of amidine groups is 1. The number of aliphatic hydroxyl groups excluding tert-OH is 1. The highest BCUT2D eigenvalue weighted by Crippen LogP contribution is 2.24. The molecule has 156 valence electrons. The fourth-order valence-corrected chi connectivity index (χ4v) is 2.66. The van der Waals surface area contributed by atoms with Crippen LogP contribution in [0.2, 0.25) is 0 Å². The normalized spacial score (nSPS) is 13.0. The van der Waals surface area contributed by atoms with Crippen molar-refractivity contribution >= 4 is 17.2 Å². The molecule has 29 heavy (non-hydrogen) atoms. The fourth-order valence-electron chi connectivity index (χ4n) is 2.66. The van der Waals surface area contributed by atoms with Crippen LogP contribution in [0.3, 0.4) is 0 Å². The maximum absolute atomic E-state index is 8.85. The van der Waals surface area contributed by atoms with Gasteiger partial charge in [0.05, 0.1) is 5.70 Å². The van der Waals surface area contributed by atoms with E-state index in [0.29, 0.717) is 6.54 Å². The SMILES string of the molecule is C=C/C=C(\C=C/C(=C)NC(C)=N/C(=C\C)c1cccc(N)c1C)CNCCCO. The Kier molecular flexibility index (Phi) is 11.1. The number of nitrogens with two attached hydrogens (primary N) is 1. The number of hydrogen-bond acceptors (Lipinski definition) is 4. The highest BCUT2D eigenvalue weighted by Gasteiger charge is 2.06.